The van der Waals surface area contributed by atoms with E-state index in [1.807, 2.05) is 47.2 Å². The van der Waals surface area contributed by atoms with Crippen LogP contribution in [-0.2, 0) is 34.3 Å². The first kappa shape index (κ1) is 21.6. The second-order valence-corrected chi connectivity index (χ2v) is 9.02. The van der Waals surface area contributed by atoms with Crippen molar-refractivity contribution in [2.24, 2.45) is 7.05 Å². The lowest BCUT2D eigenvalue weighted by Gasteiger charge is -2.32. The summed E-state index contributed by atoms with van der Waals surface area (Å²) in [6, 6.07) is 16.3. The molecule has 2 aromatic carbocycles. The molecule has 3 heterocycles. The van der Waals surface area contributed by atoms with Gasteiger partial charge in [0.25, 0.3) is 0 Å². The predicted molar refractivity (Wildman–Crippen MR) is 126 cm³/mol. The second kappa shape index (κ2) is 9.35. The highest BCUT2D eigenvalue weighted by atomic mass is 16.5. The van der Waals surface area contributed by atoms with Crippen molar-refractivity contribution in [3.8, 4) is 0 Å². The molecule has 1 saturated heterocycles. The fourth-order valence-corrected chi connectivity index (χ4v) is 5.06. The van der Waals surface area contributed by atoms with Crippen molar-refractivity contribution < 1.29 is 14.3 Å². The van der Waals surface area contributed by atoms with E-state index in [1.54, 1.807) is 0 Å². The summed E-state index contributed by atoms with van der Waals surface area (Å²) in [5.74, 6) is 1.11. The number of likely N-dealkylation sites (tertiary alicyclic amines) is 1. The Morgan fingerprint density at radius 1 is 0.970 bits per heavy atom. The zero-order valence-electron chi connectivity index (χ0n) is 19.1. The smallest absolute Gasteiger partial charge is 0.248 e. The Kier molecular flexibility index (Phi) is 6.13. The van der Waals surface area contributed by atoms with Gasteiger partial charge < -0.3 is 19.1 Å². The summed E-state index contributed by atoms with van der Waals surface area (Å²) in [5, 5.41) is 0. The number of ether oxygens (including phenoxy) is 1. The molecule has 0 bridgehead atoms. The summed E-state index contributed by atoms with van der Waals surface area (Å²) in [4.78, 5) is 33.9. The molecule has 172 valence electrons. The summed E-state index contributed by atoms with van der Waals surface area (Å²) in [5.41, 5.74) is 4.59. The van der Waals surface area contributed by atoms with Crippen LogP contribution in [0, 0.1) is 0 Å². The summed E-state index contributed by atoms with van der Waals surface area (Å²) < 4.78 is 7.70. The number of carbonyl (C=O) groups excluding carboxylic acids is 2. The van der Waals surface area contributed by atoms with Crippen LogP contribution in [0.4, 0.5) is 0 Å². The van der Waals surface area contributed by atoms with Gasteiger partial charge in [0.2, 0.25) is 11.8 Å². The van der Waals surface area contributed by atoms with Crippen LogP contribution in [0.15, 0.2) is 48.5 Å². The third-order valence-corrected chi connectivity index (χ3v) is 6.90. The fraction of sp³-hybridized carbons (Fsp3) is 0.423. The van der Waals surface area contributed by atoms with Crippen molar-refractivity contribution >= 4 is 22.8 Å². The molecule has 1 fully saturated rings. The molecule has 1 unspecified atom stereocenters. The van der Waals surface area contributed by atoms with Gasteiger partial charge in [0.1, 0.15) is 19.0 Å². The number of piperidine rings is 1. The first-order chi connectivity index (χ1) is 16.1. The first-order valence-electron chi connectivity index (χ1n) is 11.7. The lowest BCUT2D eigenvalue weighted by atomic mass is 9.97. The largest absolute Gasteiger partial charge is 0.362 e. The van der Waals surface area contributed by atoms with E-state index in [1.165, 1.54) is 11.1 Å². The van der Waals surface area contributed by atoms with Crippen LogP contribution in [-0.4, -0.2) is 64.0 Å². The van der Waals surface area contributed by atoms with Gasteiger partial charge in [0.05, 0.1) is 11.0 Å². The molecule has 1 aromatic heterocycles. The van der Waals surface area contributed by atoms with Gasteiger partial charge >= 0.3 is 0 Å². The molecule has 0 radical (unpaired) electrons. The minimum atomic E-state index is -0.0641. The minimum Gasteiger partial charge on any atom is -0.362 e. The van der Waals surface area contributed by atoms with Gasteiger partial charge in [-0.2, -0.15) is 0 Å². The Morgan fingerprint density at radius 3 is 2.52 bits per heavy atom. The van der Waals surface area contributed by atoms with Crippen molar-refractivity contribution in [3.05, 3.63) is 65.5 Å². The van der Waals surface area contributed by atoms with Crippen molar-refractivity contribution in [2.45, 2.75) is 31.7 Å². The zero-order valence-corrected chi connectivity index (χ0v) is 19.1. The van der Waals surface area contributed by atoms with E-state index < -0.39 is 0 Å². The lowest BCUT2D eigenvalue weighted by molar-refractivity contribution is -0.143. The Bertz CT molecular complexity index is 1170. The quantitative estimate of drug-likeness (QED) is 0.605. The van der Waals surface area contributed by atoms with Crippen LogP contribution >= 0.6 is 0 Å². The minimum absolute atomic E-state index is 0.0596. The van der Waals surface area contributed by atoms with Crippen molar-refractivity contribution in [1.29, 1.82) is 0 Å². The molecular formula is C26H30N4O3. The number of amides is 2. The molecule has 7 nitrogen and oxygen atoms in total. The van der Waals surface area contributed by atoms with Gasteiger partial charge in [-0.1, -0.05) is 36.4 Å². The highest BCUT2D eigenvalue weighted by Crippen LogP contribution is 2.28. The standard InChI is InChI=1S/C26H30N4O3/c1-28-23-11-5-4-10-22(23)27-26(28)21-9-6-13-29(16-21)24(31)17-33-18-25(32)30-14-12-19-7-2-3-8-20(19)15-30/h2-5,7-8,10-11,21H,6,9,12-18H2,1H3. The highest BCUT2D eigenvalue weighted by Gasteiger charge is 2.28. The Labute approximate surface area is 193 Å². The molecule has 0 saturated carbocycles. The van der Waals surface area contributed by atoms with E-state index >= 15 is 0 Å². The van der Waals surface area contributed by atoms with Gasteiger partial charge in [0.15, 0.2) is 0 Å². The summed E-state index contributed by atoms with van der Waals surface area (Å²) >= 11 is 0. The number of aryl methyl sites for hydroxylation is 1. The number of carbonyl (C=O) groups is 2. The maximum absolute atomic E-state index is 12.8. The van der Waals surface area contributed by atoms with E-state index in [4.69, 9.17) is 9.72 Å². The number of rotatable bonds is 5. The number of hydrogen-bond donors (Lipinski definition) is 0. The molecule has 5 rings (SSSR count). The average Bonchev–Trinajstić information content (AvgIpc) is 3.20. The van der Waals surface area contributed by atoms with Crippen molar-refractivity contribution in [1.82, 2.24) is 19.4 Å². The highest BCUT2D eigenvalue weighted by molar-refractivity contribution is 5.80. The first-order valence-corrected chi connectivity index (χ1v) is 11.7. The van der Waals surface area contributed by atoms with Crippen molar-refractivity contribution in [2.75, 3.05) is 32.8 Å². The number of benzene rings is 2. The van der Waals surface area contributed by atoms with E-state index in [-0.39, 0.29) is 30.9 Å². The molecule has 1 atom stereocenters. The van der Waals surface area contributed by atoms with Crippen LogP contribution in [0.1, 0.15) is 35.7 Å². The van der Waals surface area contributed by atoms with Gasteiger partial charge in [-0.3, -0.25) is 9.59 Å². The molecule has 33 heavy (non-hydrogen) atoms. The number of nitrogens with zero attached hydrogens (tertiary/aromatic N) is 4. The van der Waals surface area contributed by atoms with E-state index in [9.17, 15) is 9.59 Å². The van der Waals surface area contributed by atoms with Crippen LogP contribution in [0.5, 0.6) is 0 Å². The molecule has 0 N–H and O–H groups in total. The molecule has 2 amide bonds. The zero-order chi connectivity index (χ0) is 22.8. The monoisotopic (exact) mass is 446 g/mol. The van der Waals surface area contributed by atoms with E-state index in [2.05, 4.69) is 22.8 Å². The summed E-state index contributed by atoms with van der Waals surface area (Å²) in [7, 11) is 2.04. The molecular weight excluding hydrogens is 416 g/mol. The lowest BCUT2D eigenvalue weighted by Crippen LogP contribution is -2.42. The van der Waals surface area contributed by atoms with Crippen molar-refractivity contribution in [3.63, 3.8) is 0 Å². The van der Waals surface area contributed by atoms with Crippen LogP contribution in [0.25, 0.3) is 11.0 Å². The third kappa shape index (κ3) is 4.50. The third-order valence-electron chi connectivity index (χ3n) is 6.90. The Morgan fingerprint density at radius 2 is 1.70 bits per heavy atom. The maximum atomic E-state index is 12.8. The number of aromatic nitrogens is 2. The van der Waals surface area contributed by atoms with E-state index in [0.29, 0.717) is 19.6 Å². The molecule has 2 aliphatic heterocycles. The van der Waals surface area contributed by atoms with Crippen LogP contribution < -0.4 is 0 Å². The van der Waals surface area contributed by atoms with E-state index in [0.717, 1.165) is 42.7 Å². The molecule has 7 heteroatoms. The molecule has 0 spiro atoms. The fourth-order valence-electron chi connectivity index (χ4n) is 5.06. The topological polar surface area (TPSA) is 67.7 Å². The van der Waals surface area contributed by atoms with Crippen LogP contribution in [0.3, 0.4) is 0 Å². The summed E-state index contributed by atoms with van der Waals surface area (Å²) in [6.07, 6.45) is 2.81. The number of para-hydroxylation sites is 2. The molecule has 0 aliphatic carbocycles. The Hall–Kier alpha value is -3.19. The summed E-state index contributed by atoms with van der Waals surface area (Å²) in [6.45, 7) is 2.54. The number of fused-ring (bicyclic) bond motifs is 2. The normalized spacial score (nSPS) is 18.4. The number of imidazole rings is 1. The number of hydrogen-bond acceptors (Lipinski definition) is 4. The van der Waals surface area contributed by atoms with Gasteiger partial charge in [-0.25, -0.2) is 4.98 Å². The second-order valence-electron chi connectivity index (χ2n) is 9.02. The van der Waals surface area contributed by atoms with Gasteiger partial charge in [-0.05, 0) is 42.5 Å². The van der Waals surface area contributed by atoms with Crippen LogP contribution in [0.2, 0.25) is 0 Å². The average molecular weight is 447 g/mol. The maximum Gasteiger partial charge on any atom is 0.248 e. The van der Waals surface area contributed by atoms with Gasteiger partial charge in [0, 0.05) is 39.1 Å². The molecule has 2 aliphatic rings. The SMILES string of the molecule is Cn1c(C2CCCN(C(=O)COCC(=O)N3CCc4ccccc4C3)C2)nc2ccccc21. The van der Waals surface area contributed by atoms with Gasteiger partial charge in [-0.15, -0.1) is 0 Å². The predicted octanol–water partition coefficient (Wildman–Crippen LogP) is 2.88. The Balaban J connectivity index is 1.13. The molecule has 3 aromatic rings.